The van der Waals surface area contributed by atoms with Crippen molar-refractivity contribution in [2.24, 2.45) is 0 Å². The third-order valence-corrected chi connectivity index (χ3v) is 9.81. The fourth-order valence-electron chi connectivity index (χ4n) is 2.35. The molecule has 0 aliphatic rings. The molecule has 1 aromatic rings. The van der Waals surface area contributed by atoms with Crippen LogP contribution < -0.4 is 9.74 Å². The van der Waals surface area contributed by atoms with Gasteiger partial charge in [-0.3, -0.25) is 4.79 Å². The summed E-state index contributed by atoms with van der Waals surface area (Å²) in [4.78, 5) is 24.0. The SMILES string of the molecule is C=C(Cl)[C@](Cc1cccc(O[Si](C)(C)C(C)(C)C)c1)(NC(=O)C(F)(F)F)C(=O)OC. The molecule has 0 saturated carbocycles. The lowest BCUT2D eigenvalue weighted by atomic mass is 9.90. The summed E-state index contributed by atoms with van der Waals surface area (Å²) < 4.78 is 49.4. The van der Waals surface area contributed by atoms with Gasteiger partial charge in [0.15, 0.2) is 5.54 Å². The Labute approximate surface area is 180 Å². The molecular formula is C20H27ClF3NO4Si. The van der Waals surface area contributed by atoms with Crippen LogP contribution >= 0.6 is 11.6 Å². The third kappa shape index (κ3) is 6.01. The summed E-state index contributed by atoms with van der Waals surface area (Å²) in [6, 6.07) is 6.53. The van der Waals surface area contributed by atoms with E-state index in [0.29, 0.717) is 11.3 Å². The van der Waals surface area contributed by atoms with Crippen LogP contribution in [-0.4, -0.2) is 39.0 Å². The summed E-state index contributed by atoms with van der Waals surface area (Å²) in [5.41, 5.74) is -1.90. The maximum atomic E-state index is 12.9. The van der Waals surface area contributed by atoms with Crippen LogP contribution in [0.3, 0.4) is 0 Å². The number of nitrogens with one attached hydrogen (secondary N) is 1. The number of carbonyl (C=O) groups excluding carboxylic acids is 2. The van der Waals surface area contributed by atoms with Gasteiger partial charge in [0.25, 0.3) is 0 Å². The number of hydrogen-bond donors (Lipinski definition) is 1. The minimum absolute atomic E-state index is 0.0795. The van der Waals surface area contributed by atoms with E-state index >= 15 is 0 Å². The second-order valence-electron chi connectivity index (χ2n) is 8.44. The molecule has 30 heavy (non-hydrogen) atoms. The molecule has 0 spiro atoms. The van der Waals surface area contributed by atoms with Gasteiger partial charge in [-0.05, 0) is 35.8 Å². The summed E-state index contributed by atoms with van der Waals surface area (Å²) >= 11 is 5.92. The van der Waals surface area contributed by atoms with Gasteiger partial charge < -0.3 is 14.5 Å². The van der Waals surface area contributed by atoms with Crippen molar-refractivity contribution in [3.63, 3.8) is 0 Å². The van der Waals surface area contributed by atoms with Crippen LogP contribution in [0.25, 0.3) is 0 Å². The Balaban J connectivity index is 3.36. The maximum absolute atomic E-state index is 12.9. The Hall–Kier alpha value is -2.00. The van der Waals surface area contributed by atoms with Gasteiger partial charge >= 0.3 is 18.1 Å². The molecule has 0 heterocycles. The average molecular weight is 466 g/mol. The highest BCUT2D eigenvalue weighted by molar-refractivity contribution is 6.74. The van der Waals surface area contributed by atoms with E-state index in [1.807, 2.05) is 13.1 Å². The fourth-order valence-corrected chi connectivity index (χ4v) is 3.57. The quantitative estimate of drug-likeness (QED) is 0.457. The first-order valence-corrected chi connectivity index (χ1v) is 12.4. The fraction of sp³-hybridized carbons (Fsp3) is 0.500. The average Bonchev–Trinajstić information content (AvgIpc) is 2.58. The molecule has 1 N–H and O–H groups in total. The predicted molar refractivity (Wildman–Crippen MR) is 112 cm³/mol. The molecule has 0 fully saturated rings. The molecule has 0 aliphatic carbocycles. The summed E-state index contributed by atoms with van der Waals surface area (Å²) in [6.45, 7) is 13.7. The number of methoxy groups -OCH3 is 1. The van der Waals surface area contributed by atoms with Gasteiger partial charge in [-0.1, -0.05) is 51.1 Å². The van der Waals surface area contributed by atoms with Crippen LogP contribution in [0.2, 0.25) is 18.1 Å². The van der Waals surface area contributed by atoms with Crippen molar-refractivity contribution >= 4 is 31.8 Å². The number of carbonyl (C=O) groups is 2. The Morgan fingerprint density at radius 3 is 2.20 bits per heavy atom. The Kier molecular flexibility index (Phi) is 7.82. The number of esters is 1. The van der Waals surface area contributed by atoms with E-state index in [2.05, 4.69) is 32.1 Å². The Morgan fingerprint density at radius 1 is 1.20 bits per heavy atom. The van der Waals surface area contributed by atoms with E-state index in [0.717, 1.165) is 7.11 Å². The summed E-state index contributed by atoms with van der Waals surface area (Å²) in [5, 5.41) is 1.07. The monoisotopic (exact) mass is 465 g/mol. The normalized spacial score (nSPS) is 14.5. The van der Waals surface area contributed by atoms with Crippen molar-refractivity contribution in [1.82, 2.24) is 5.32 Å². The topological polar surface area (TPSA) is 64.6 Å². The van der Waals surface area contributed by atoms with E-state index in [1.54, 1.807) is 29.6 Å². The first-order chi connectivity index (χ1) is 13.5. The van der Waals surface area contributed by atoms with E-state index in [9.17, 15) is 22.8 Å². The van der Waals surface area contributed by atoms with Crippen LogP contribution in [-0.2, 0) is 20.7 Å². The van der Waals surface area contributed by atoms with Gasteiger partial charge in [0, 0.05) is 11.5 Å². The lowest BCUT2D eigenvalue weighted by Gasteiger charge is -2.36. The number of hydrogen-bond acceptors (Lipinski definition) is 4. The van der Waals surface area contributed by atoms with Crippen molar-refractivity contribution in [2.75, 3.05) is 7.11 Å². The zero-order chi connectivity index (χ0) is 23.5. The van der Waals surface area contributed by atoms with Gasteiger partial charge in [-0.25, -0.2) is 4.79 Å². The molecule has 5 nitrogen and oxygen atoms in total. The molecule has 1 amide bonds. The van der Waals surface area contributed by atoms with Gasteiger partial charge in [-0.2, -0.15) is 13.2 Å². The van der Waals surface area contributed by atoms with Crippen molar-refractivity contribution in [1.29, 1.82) is 0 Å². The number of rotatable bonds is 7. The minimum Gasteiger partial charge on any atom is -0.543 e. The third-order valence-electron chi connectivity index (χ3n) is 5.13. The van der Waals surface area contributed by atoms with E-state index in [-0.39, 0.29) is 5.04 Å². The van der Waals surface area contributed by atoms with Gasteiger partial charge in [0.05, 0.1) is 7.11 Å². The van der Waals surface area contributed by atoms with Crippen molar-refractivity contribution in [3.05, 3.63) is 41.4 Å². The molecule has 1 rings (SSSR count). The number of ether oxygens (including phenoxy) is 1. The largest absolute Gasteiger partial charge is 0.543 e. The van der Waals surface area contributed by atoms with Gasteiger partial charge in [0.1, 0.15) is 5.75 Å². The van der Waals surface area contributed by atoms with Crippen LogP contribution in [0.5, 0.6) is 5.75 Å². The van der Waals surface area contributed by atoms with Gasteiger partial charge in [-0.15, -0.1) is 0 Å². The lowest BCUT2D eigenvalue weighted by Crippen LogP contribution is -2.59. The molecule has 0 aromatic heterocycles. The molecule has 0 bridgehead atoms. The summed E-state index contributed by atoms with van der Waals surface area (Å²) in [7, 11) is -1.20. The zero-order valence-electron chi connectivity index (χ0n) is 17.9. The van der Waals surface area contributed by atoms with E-state index in [1.165, 1.54) is 0 Å². The maximum Gasteiger partial charge on any atom is 0.471 e. The highest BCUT2D eigenvalue weighted by atomic mass is 35.5. The lowest BCUT2D eigenvalue weighted by molar-refractivity contribution is -0.177. The highest BCUT2D eigenvalue weighted by Gasteiger charge is 2.50. The molecular weight excluding hydrogens is 439 g/mol. The molecule has 0 unspecified atom stereocenters. The number of alkyl halides is 3. The van der Waals surface area contributed by atoms with Crippen LogP contribution in [0, 0.1) is 0 Å². The zero-order valence-corrected chi connectivity index (χ0v) is 19.6. The molecule has 0 aliphatic heterocycles. The Morgan fingerprint density at radius 2 is 1.77 bits per heavy atom. The van der Waals surface area contributed by atoms with Crippen molar-refractivity contribution in [3.8, 4) is 5.75 Å². The summed E-state index contributed by atoms with van der Waals surface area (Å²) in [5.74, 6) is -3.00. The molecule has 10 heteroatoms. The Bertz CT molecular complexity index is 821. The van der Waals surface area contributed by atoms with E-state index < -0.39 is 43.4 Å². The second kappa shape index (κ2) is 9.01. The molecule has 1 aromatic carbocycles. The number of halogens is 4. The summed E-state index contributed by atoms with van der Waals surface area (Å²) in [6.07, 6.45) is -5.63. The molecule has 168 valence electrons. The first-order valence-electron chi connectivity index (χ1n) is 9.07. The van der Waals surface area contributed by atoms with Crippen molar-refractivity contribution < 1.29 is 31.9 Å². The standard InChI is InChI=1S/C20H27ClF3NO4Si/c1-13(21)19(17(27)28-5,25-16(26)20(22,23)24)12-14-9-8-10-15(11-14)29-30(6,7)18(2,3)4/h8-11H,1,12H2,2-7H3,(H,25,26)/t19-/m0/s1. The first kappa shape index (κ1) is 26.0. The van der Waals surface area contributed by atoms with Crippen molar-refractivity contribution in [2.45, 2.75) is 57.0 Å². The molecule has 0 radical (unpaired) electrons. The second-order valence-corrected chi connectivity index (χ2v) is 13.6. The smallest absolute Gasteiger partial charge is 0.471 e. The number of amides is 1. The van der Waals surface area contributed by atoms with Gasteiger partial charge in [0.2, 0.25) is 8.32 Å². The molecule has 0 saturated heterocycles. The van der Waals surface area contributed by atoms with E-state index in [4.69, 9.17) is 16.0 Å². The predicted octanol–water partition coefficient (Wildman–Crippen LogP) is 4.96. The number of benzene rings is 1. The minimum atomic E-state index is -5.22. The van der Waals surface area contributed by atoms with Crippen LogP contribution in [0.4, 0.5) is 13.2 Å². The molecule has 1 atom stereocenters. The van der Waals surface area contributed by atoms with Crippen LogP contribution in [0.15, 0.2) is 35.9 Å². The van der Waals surface area contributed by atoms with Crippen LogP contribution in [0.1, 0.15) is 26.3 Å². The highest BCUT2D eigenvalue weighted by Crippen LogP contribution is 2.38.